The standard InChI is InChI=1S/C40H46N6Se2/c1-5-17-35-31(13-1)29-41-21-9-25-45-27-12-24-44-40(45)34-16-4-8-20-38(34)48-36-18-6-2-14-32(36)30-42-22-10-26-46-28-11-23-43-39(46)33-15-3-7-19-37(33)47-35/h1-8,13-20,29-30,39-40,43-44H,9-12,21-28H2. The Morgan fingerprint density at radius 3 is 1.35 bits per heavy atom. The van der Waals surface area contributed by atoms with Gasteiger partial charge in [-0.15, -0.1) is 0 Å². The molecule has 2 N–H and O–H groups in total. The zero-order chi connectivity index (χ0) is 32.4. The van der Waals surface area contributed by atoms with Crippen LogP contribution in [0.1, 0.15) is 60.3 Å². The normalized spacial score (nSPS) is 21.8. The van der Waals surface area contributed by atoms with Crippen molar-refractivity contribution in [3.63, 3.8) is 0 Å². The van der Waals surface area contributed by atoms with Gasteiger partial charge in [-0.2, -0.15) is 0 Å². The SMILES string of the molecule is C1=NCCCN2CCCNC2c2ccccc2[Se]c2ccccc2C=NCCCN2CCCNC2c2ccccc2[Se]c2ccccc21. The third-order valence-corrected chi connectivity index (χ3v) is 14.2. The molecule has 48 heavy (non-hydrogen) atoms. The minimum absolute atomic E-state index is 0.178. The monoisotopic (exact) mass is 770 g/mol. The molecule has 3 aliphatic rings. The average molecular weight is 769 g/mol. The number of aliphatic imine (C=N–C) groups is 2. The first-order valence-electron chi connectivity index (χ1n) is 17.5. The van der Waals surface area contributed by atoms with Crippen LogP contribution in [0.2, 0.25) is 0 Å². The van der Waals surface area contributed by atoms with Crippen molar-refractivity contribution in [1.29, 1.82) is 0 Å². The second-order valence-corrected chi connectivity index (χ2v) is 17.2. The van der Waals surface area contributed by atoms with E-state index in [0.717, 1.165) is 65.2 Å². The van der Waals surface area contributed by atoms with Gasteiger partial charge in [0.1, 0.15) is 0 Å². The first kappa shape index (κ1) is 33.6. The maximum absolute atomic E-state index is 4.98. The van der Waals surface area contributed by atoms with Crippen LogP contribution in [0, 0.1) is 0 Å². The van der Waals surface area contributed by atoms with Crippen molar-refractivity contribution in [2.75, 3.05) is 52.4 Å². The molecule has 248 valence electrons. The van der Waals surface area contributed by atoms with E-state index in [2.05, 4.69) is 130 Å². The Balaban J connectivity index is 1.18. The molecule has 7 rings (SSSR count). The number of rotatable bonds is 0. The number of nitrogens with zero attached hydrogens (tertiary/aromatic N) is 4. The van der Waals surface area contributed by atoms with E-state index in [1.165, 1.54) is 52.9 Å². The van der Waals surface area contributed by atoms with Crippen LogP contribution >= 0.6 is 0 Å². The summed E-state index contributed by atoms with van der Waals surface area (Å²) >= 11 is 0.355. The number of fused-ring (bicyclic) bond motifs is 8. The molecule has 0 amide bonds. The first-order valence-corrected chi connectivity index (χ1v) is 20.9. The molecule has 0 radical (unpaired) electrons. The van der Waals surface area contributed by atoms with Gasteiger partial charge in [0.15, 0.2) is 0 Å². The number of hydrogen-bond donors (Lipinski definition) is 2. The van der Waals surface area contributed by atoms with Crippen molar-refractivity contribution in [1.82, 2.24) is 20.4 Å². The van der Waals surface area contributed by atoms with Gasteiger partial charge < -0.3 is 0 Å². The summed E-state index contributed by atoms with van der Waals surface area (Å²) in [6.45, 7) is 8.07. The minimum atomic E-state index is 0.178. The zero-order valence-corrected chi connectivity index (χ0v) is 31.1. The van der Waals surface area contributed by atoms with Gasteiger partial charge in [-0.1, -0.05) is 0 Å². The Morgan fingerprint density at radius 1 is 0.479 bits per heavy atom. The van der Waals surface area contributed by atoms with Crippen molar-refractivity contribution in [3.05, 3.63) is 119 Å². The molecule has 0 bridgehead atoms. The summed E-state index contributed by atoms with van der Waals surface area (Å²) in [5.41, 5.74) is 5.34. The van der Waals surface area contributed by atoms with Crippen LogP contribution in [-0.4, -0.2) is 105 Å². The van der Waals surface area contributed by atoms with Crippen LogP contribution in [0.5, 0.6) is 0 Å². The molecule has 4 aromatic carbocycles. The van der Waals surface area contributed by atoms with Crippen molar-refractivity contribution < 1.29 is 0 Å². The summed E-state index contributed by atoms with van der Waals surface area (Å²) in [7, 11) is 0. The molecule has 3 heterocycles. The van der Waals surface area contributed by atoms with Crippen molar-refractivity contribution in [2.24, 2.45) is 9.98 Å². The molecular weight excluding hydrogens is 722 g/mol. The Labute approximate surface area is 298 Å². The molecule has 0 spiro atoms. The van der Waals surface area contributed by atoms with Gasteiger partial charge in [0.05, 0.1) is 0 Å². The topological polar surface area (TPSA) is 55.3 Å². The number of nitrogens with one attached hydrogen (secondary N) is 2. The van der Waals surface area contributed by atoms with Crippen LogP contribution in [0.15, 0.2) is 107 Å². The molecule has 0 saturated carbocycles. The van der Waals surface area contributed by atoms with Crippen molar-refractivity contribution in [2.45, 2.75) is 38.0 Å². The second kappa shape index (κ2) is 17.2. The molecule has 2 saturated heterocycles. The van der Waals surface area contributed by atoms with Crippen LogP contribution in [0.25, 0.3) is 0 Å². The summed E-state index contributed by atoms with van der Waals surface area (Å²) in [6.07, 6.45) is 9.18. The van der Waals surface area contributed by atoms with E-state index < -0.39 is 0 Å². The van der Waals surface area contributed by atoms with Gasteiger partial charge in [-0.3, -0.25) is 0 Å². The van der Waals surface area contributed by atoms with Gasteiger partial charge >= 0.3 is 300 Å². The van der Waals surface area contributed by atoms with Gasteiger partial charge in [0, 0.05) is 0 Å². The predicted octanol–water partition coefficient (Wildman–Crippen LogP) is 2.92. The molecule has 3 aliphatic heterocycles. The molecule has 4 aromatic rings. The molecule has 8 heteroatoms. The quantitative estimate of drug-likeness (QED) is 0.271. The maximum atomic E-state index is 4.98. The van der Waals surface area contributed by atoms with Gasteiger partial charge in [-0.25, -0.2) is 0 Å². The fraction of sp³-hybridized carbons (Fsp3) is 0.350. The predicted molar refractivity (Wildman–Crippen MR) is 204 cm³/mol. The third-order valence-electron chi connectivity index (χ3n) is 9.28. The molecule has 2 fully saturated rings. The Bertz CT molecular complexity index is 1580. The Morgan fingerprint density at radius 2 is 0.875 bits per heavy atom. The van der Waals surface area contributed by atoms with Crippen LogP contribution < -0.4 is 28.5 Å². The molecular formula is C40H46N6Se2. The fourth-order valence-corrected chi connectivity index (χ4v) is 11.4. The summed E-state index contributed by atoms with van der Waals surface area (Å²) < 4.78 is 5.69. The van der Waals surface area contributed by atoms with E-state index in [1.54, 1.807) is 0 Å². The second-order valence-electron chi connectivity index (χ2n) is 12.6. The molecule has 6 nitrogen and oxygen atoms in total. The van der Waals surface area contributed by atoms with Crippen LogP contribution in [0.4, 0.5) is 0 Å². The van der Waals surface area contributed by atoms with E-state index in [9.17, 15) is 0 Å². The van der Waals surface area contributed by atoms with E-state index in [-0.39, 0.29) is 42.2 Å². The van der Waals surface area contributed by atoms with Crippen LogP contribution in [0.3, 0.4) is 0 Å². The molecule has 0 aliphatic carbocycles. The average Bonchev–Trinajstić information content (AvgIpc) is 3.13. The number of benzene rings is 4. The summed E-state index contributed by atoms with van der Waals surface area (Å²) in [5.74, 6) is 0. The van der Waals surface area contributed by atoms with Crippen LogP contribution in [-0.2, 0) is 0 Å². The molecule has 0 aromatic heterocycles. The van der Waals surface area contributed by atoms with Gasteiger partial charge in [-0.05, 0) is 0 Å². The summed E-state index contributed by atoms with van der Waals surface area (Å²) in [5, 5.41) is 7.73. The fourth-order valence-electron chi connectivity index (χ4n) is 6.91. The summed E-state index contributed by atoms with van der Waals surface area (Å²) in [4.78, 5) is 15.2. The van der Waals surface area contributed by atoms with Gasteiger partial charge in [0.25, 0.3) is 0 Å². The summed E-state index contributed by atoms with van der Waals surface area (Å²) in [6, 6.07) is 35.9. The zero-order valence-electron chi connectivity index (χ0n) is 27.6. The van der Waals surface area contributed by atoms with Crippen molar-refractivity contribution >= 4 is 60.2 Å². The Kier molecular flexibility index (Phi) is 12.0. The Hall–Kier alpha value is -2.90. The first-order chi connectivity index (χ1) is 23.8. The van der Waals surface area contributed by atoms with Gasteiger partial charge in [0.2, 0.25) is 0 Å². The number of hydrogen-bond acceptors (Lipinski definition) is 6. The van der Waals surface area contributed by atoms with Crippen molar-refractivity contribution in [3.8, 4) is 0 Å². The van der Waals surface area contributed by atoms with E-state index in [0.29, 0.717) is 0 Å². The van der Waals surface area contributed by atoms with E-state index >= 15 is 0 Å². The van der Waals surface area contributed by atoms with E-state index in [1.807, 2.05) is 0 Å². The molecule has 2 unspecified atom stereocenters. The molecule has 2 atom stereocenters. The van der Waals surface area contributed by atoms with E-state index in [4.69, 9.17) is 9.98 Å². The third kappa shape index (κ3) is 8.45.